The molecule has 79 heavy (non-hydrogen) atoms. The van der Waals surface area contributed by atoms with Crippen molar-refractivity contribution >= 4 is 19.8 Å². The molecule has 0 radical (unpaired) electrons. The molecule has 442 valence electrons. The third kappa shape index (κ3) is 62.2. The van der Waals surface area contributed by atoms with Crippen molar-refractivity contribution in [3.63, 3.8) is 0 Å². The van der Waals surface area contributed by atoms with Crippen LogP contribution in [0, 0.1) is 0 Å². The second kappa shape index (κ2) is 62.3. The fourth-order valence-corrected chi connectivity index (χ4v) is 8.17. The maximum Gasteiger partial charge on any atom is 0.472 e. The van der Waals surface area contributed by atoms with Gasteiger partial charge in [-0.05, 0) is 128 Å². The second-order valence-corrected chi connectivity index (χ2v) is 20.6. The summed E-state index contributed by atoms with van der Waals surface area (Å²) < 4.78 is 33.0. The summed E-state index contributed by atoms with van der Waals surface area (Å²) in [5, 5.41) is 0. The molecule has 0 rings (SSSR count). The first kappa shape index (κ1) is 74.1. The van der Waals surface area contributed by atoms with Crippen LogP contribution in [0.4, 0.5) is 0 Å². The molecule has 0 aliphatic rings. The number of esters is 2. The van der Waals surface area contributed by atoms with Gasteiger partial charge in [0.2, 0.25) is 0 Å². The lowest BCUT2D eigenvalue weighted by Crippen LogP contribution is -2.29. The smallest absolute Gasteiger partial charge is 0.462 e. The number of unbranched alkanes of at least 4 members (excludes halogenated alkanes) is 11. The first-order chi connectivity index (χ1) is 38.8. The fourth-order valence-electron chi connectivity index (χ4n) is 7.40. The molecule has 2 atom stereocenters. The van der Waals surface area contributed by atoms with Gasteiger partial charge in [0.05, 0.1) is 13.2 Å². The lowest BCUT2D eigenvalue weighted by Gasteiger charge is -2.19. The molecule has 0 aliphatic heterocycles. The van der Waals surface area contributed by atoms with E-state index in [1.165, 1.54) is 38.5 Å². The average Bonchev–Trinajstić information content (AvgIpc) is 3.44. The SMILES string of the molecule is CC/C=C\C/C=C\C/C=C\C/C=C\C/C=C\C/C=C\C/C=C\C/C=C\CCCCCCCCCCCCC(=O)OC(COC(=O)CCC/C=C\C/C=C\C/C=C\C/C=C\C/C=C\C/C=C\C/C=C\CC)COP(=O)(O)OCCN. The molecular weight excluding hydrogens is 1000 g/mol. The molecule has 0 bridgehead atoms. The number of phosphoric acid groups is 1. The van der Waals surface area contributed by atoms with Crippen LogP contribution in [-0.4, -0.2) is 49.3 Å². The van der Waals surface area contributed by atoms with E-state index in [1.54, 1.807) is 0 Å². The van der Waals surface area contributed by atoms with Crippen molar-refractivity contribution in [3.8, 4) is 0 Å². The van der Waals surface area contributed by atoms with Crippen LogP contribution in [0.3, 0.4) is 0 Å². The Balaban J connectivity index is 4.10. The highest BCUT2D eigenvalue weighted by molar-refractivity contribution is 7.47. The summed E-state index contributed by atoms with van der Waals surface area (Å²) in [7, 11) is -4.42. The van der Waals surface area contributed by atoms with Crippen LogP contribution in [0.1, 0.15) is 206 Å². The van der Waals surface area contributed by atoms with Crippen LogP contribution in [0.25, 0.3) is 0 Å². The molecule has 0 amide bonds. The van der Waals surface area contributed by atoms with E-state index >= 15 is 0 Å². The Morgan fingerprint density at radius 1 is 0.380 bits per heavy atom. The van der Waals surface area contributed by atoms with Crippen LogP contribution in [0.5, 0.6) is 0 Å². The third-order valence-corrected chi connectivity index (χ3v) is 12.8. The number of hydrogen-bond acceptors (Lipinski definition) is 8. The van der Waals surface area contributed by atoms with Crippen molar-refractivity contribution in [1.29, 1.82) is 0 Å². The maximum atomic E-state index is 12.7. The van der Waals surface area contributed by atoms with Gasteiger partial charge in [-0.3, -0.25) is 18.6 Å². The van der Waals surface area contributed by atoms with Crippen LogP contribution in [0.15, 0.2) is 182 Å². The van der Waals surface area contributed by atoms with Crippen LogP contribution < -0.4 is 5.73 Å². The molecule has 0 aromatic rings. The van der Waals surface area contributed by atoms with Gasteiger partial charge < -0.3 is 20.1 Å². The summed E-state index contributed by atoms with van der Waals surface area (Å²) in [6, 6.07) is 0. The van der Waals surface area contributed by atoms with E-state index in [1.807, 2.05) is 6.08 Å². The molecule has 0 aromatic carbocycles. The summed E-state index contributed by atoms with van der Waals surface area (Å²) >= 11 is 0. The zero-order valence-corrected chi connectivity index (χ0v) is 50.2. The molecule has 9 nitrogen and oxygen atoms in total. The third-order valence-electron chi connectivity index (χ3n) is 11.8. The van der Waals surface area contributed by atoms with Crippen molar-refractivity contribution in [1.82, 2.24) is 0 Å². The molecule has 2 unspecified atom stereocenters. The van der Waals surface area contributed by atoms with Crippen LogP contribution in [0.2, 0.25) is 0 Å². The predicted octanol–water partition coefficient (Wildman–Crippen LogP) is 19.6. The maximum absolute atomic E-state index is 12.7. The number of hydrogen-bond donors (Lipinski definition) is 2. The van der Waals surface area contributed by atoms with E-state index in [2.05, 4.69) is 190 Å². The highest BCUT2D eigenvalue weighted by Gasteiger charge is 2.26. The number of carbonyl (C=O) groups is 2. The Morgan fingerprint density at radius 3 is 1.01 bits per heavy atom. The fraction of sp³-hybridized carbons (Fsp3) is 0.536. The van der Waals surface area contributed by atoms with Gasteiger partial charge >= 0.3 is 19.8 Å². The minimum atomic E-state index is -4.42. The summed E-state index contributed by atoms with van der Waals surface area (Å²) in [5.41, 5.74) is 5.38. The molecule has 0 aromatic heterocycles. The van der Waals surface area contributed by atoms with Crippen molar-refractivity contribution in [3.05, 3.63) is 182 Å². The van der Waals surface area contributed by atoms with Gasteiger partial charge in [-0.25, -0.2) is 4.57 Å². The Hall–Kier alpha value is -4.89. The van der Waals surface area contributed by atoms with Crippen molar-refractivity contribution in [2.45, 2.75) is 213 Å². The Bertz CT molecular complexity index is 1940. The largest absolute Gasteiger partial charge is 0.472 e. The van der Waals surface area contributed by atoms with E-state index in [-0.39, 0.29) is 32.6 Å². The average molecular weight is 1110 g/mol. The van der Waals surface area contributed by atoms with Gasteiger partial charge in [-0.2, -0.15) is 0 Å². The zero-order chi connectivity index (χ0) is 57.3. The highest BCUT2D eigenvalue weighted by atomic mass is 31.2. The van der Waals surface area contributed by atoms with Gasteiger partial charge in [0.15, 0.2) is 6.10 Å². The standard InChI is InChI=1S/C69H108NO8P/c1-3-5-7-9-11-13-15-17-19-21-23-25-27-28-29-30-31-32-33-34-35-36-37-38-40-42-44-46-48-50-52-54-56-58-60-62-69(72)78-67(66-77-79(73,74)76-64-63-70)65-75-68(71)61-59-57-55-53-51-49-47-45-43-41-39-26-24-22-20-18-16-14-12-10-8-6-4-2/h5-8,11-14,17-20,23-26,28-29,31-32,34-35,37-38,41,43,47,49,53,55,67H,3-4,9-10,15-16,21-22,27,30,33,36,39-40,42,44-46,48,50-52,54,56-66,70H2,1-2H3,(H,73,74)/b7-5-,8-6-,13-11-,14-12-,19-17-,20-18-,25-23-,26-24-,29-28-,32-31-,35-34-,38-37-,43-41-,49-47-,55-53-. The van der Waals surface area contributed by atoms with Gasteiger partial charge in [0.1, 0.15) is 6.61 Å². The molecule has 0 spiro atoms. The first-order valence-electron chi connectivity index (χ1n) is 30.3. The van der Waals surface area contributed by atoms with Gasteiger partial charge in [-0.1, -0.05) is 247 Å². The summed E-state index contributed by atoms with van der Waals surface area (Å²) in [4.78, 5) is 35.2. The summed E-state index contributed by atoms with van der Waals surface area (Å²) in [6.45, 7) is 3.42. The number of rotatable bonds is 54. The number of carbonyl (C=O) groups excluding carboxylic acids is 2. The highest BCUT2D eigenvalue weighted by Crippen LogP contribution is 2.43. The lowest BCUT2D eigenvalue weighted by molar-refractivity contribution is -0.161. The van der Waals surface area contributed by atoms with E-state index in [9.17, 15) is 19.0 Å². The monoisotopic (exact) mass is 1110 g/mol. The normalized spacial score (nSPS) is 14.3. The van der Waals surface area contributed by atoms with Crippen LogP contribution >= 0.6 is 7.82 Å². The number of nitrogens with two attached hydrogens (primary N) is 1. The Labute approximate surface area is 482 Å². The van der Waals surface area contributed by atoms with Gasteiger partial charge in [0.25, 0.3) is 0 Å². The quantitative estimate of drug-likeness (QED) is 0.0264. The van der Waals surface area contributed by atoms with Gasteiger partial charge in [0, 0.05) is 19.4 Å². The van der Waals surface area contributed by atoms with Crippen LogP contribution in [-0.2, 0) is 32.7 Å². The molecule has 3 N–H and O–H groups in total. The van der Waals surface area contributed by atoms with Crippen molar-refractivity contribution in [2.75, 3.05) is 26.4 Å². The predicted molar refractivity (Wildman–Crippen MR) is 339 cm³/mol. The van der Waals surface area contributed by atoms with Crippen molar-refractivity contribution in [2.24, 2.45) is 5.73 Å². The summed E-state index contributed by atoms with van der Waals surface area (Å²) in [6.07, 6.45) is 93.8. The zero-order valence-electron chi connectivity index (χ0n) is 49.3. The topological polar surface area (TPSA) is 134 Å². The molecular formula is C69H108NO8P. The molecule has 10 heteroatoms. The second-order valence-electron chi connectivity index (χ2n) is 19.1. The first-order valence-corrected chi connectivity index (χ1v) is 31.8. The van der Waals surface area contributed by atoms with E-state index in [4.69, 9.17) is 24.3 Å². The van der Waals surface area contributed by atoms with Crippen molar-refractivity contribution < 1.29 is 37.6 Å². The number of phosphoric ester groups is 1. The van der Waals surface area contributed by atoms with E-state index < -0.39 is 32.5 Å². The molecule has 0 heterocycles. The molecule has 0 saturated carbocycles. The molecule has 0 fully saturated rings. The van der Waals surface area contributed by atoms with Gasteiger partial charge in [-0.15, -0.1) is 0 Å². The number of allylic oxidation sites excluding steroid dienone is 30. The number of ether oxygens (including phenoxy) is 2. The Kier molecular flexibility index (Phi) is 58.5. The molecule has 0 saturated heterocycles. The van der Waals surface area contributed by atoms with E-state index in [0.29, 0.717) is 12.8 Å². The molecule has 0 aliphatic carbocycles. The minimum absolute atomic E-state index is 0.0346. The summed E-state index contributed by atoms with van der Waals surface area (Å²) in [5.74, 6) is -0.918. The Morgan fingerprint density at radius 2 is 0.671 bits per heavy atom. The van der Waals surface area contributed by atoms with E-state index in [0.717, 1.165) is 128 Å². The lowest BCUT2D eigenvalue weighted by atomic mass is 10.0. The minimum Gasteiger partial charge on any atom is -0.462 e.